The minimum absolute atomic E-state index is 0.00382. The summed E-state index contributed by atoms with van der Waals surface area (Å²) in [5, 5.41) is 28.4. The van der Waals surface area contributed by atoms with Gasteiger partial charge in [-0.25, -0.2) is 0 Å². The highest BCUT2D eigenvalue weighted by atomic mass is 35.5. The third-order valence-electron chi connectivity index (χ3n) is 4.35. The summed E-state index contributed by atoms with van der Waals surface area (Å²) in [5.41, 5.74) is 0.118. The predicted molar refractivity (Wildman–Crippen MR) is 117 cm³/mol. The number of nitrogens with one attached hydrogen (secondary N) is 2. The number of carbonyl (C=O) groups excluding carboxylic acids is 1. The second-order valence-corrected chi connectivity index (χ2v) is 7.30. The van der Waals surface area contributed by atoms with Gasteiger partial charge in [-0.2, -0.15) is 0 Å². The van der Waals surface area contributed by atoms with Gasteiger partial charge >= 0.3 is 0 Å². The molecule has 2 aromatic carbocycles. The topological polar surface area (TPSA) is 140 Å². The lowest BCUT2D eigenvalue weighted by atomic mass is 10.1. The van der Waals surface area contributed by atoms with Gasteiger partial charge in [0.25, 0.3) is 17.3 Å². The molecule has 2 aromatic rings. The largest absolute Gasteiger partial charge is 0.496 e. The molecule has 0 bridgehead atoms. The SMILES string of the molecule is COc1cc(N(C)C)c([N+](=O)[O-])cc1C(=O)NC(C)CNc1ccc(Cl)cc1[N+](=O)[O-]. The number of amides is 1. The van der Waals surface area contributed by atoms with Gasteiger partial charge in [0, 0.05) is 49.9 Å². The van der Waals surface area contributed by atoms with Gasteiger partial charge in [-0.3, -0.25) is 25.0 Å². The Labute approximate surface area is 183 Å². The number of benzene rings is 2. The number of hydrogen-bond donors (Lipinski definition) is 2. The van der Waals surface area contributed by atoms with E-state index in [1.165, 1.54) is 31.4 Å². The zero-order valence-corrected chi connectivity index (χ0v) is 18.1. The highest BCUT2D eigenvalue weighted by Crippen LogP contribution is 2.34. The smallest absolute Gasteiger partial charge is 0.293 e. The van der Waals surface area contributed by atoms with Crippen LogP contribution in [-0.2, 0) is 0 Å². The van der Waals surface area contributed by atoms with Crippen LogP contribution in [0.25, 0.3) is 0 Å². The quantitative estimate of drug-likeness (QED) is 0.436. The maximum Gasteiger partial charge on any atom is 0.293 e. The van der Waals surface area contributed by atoms with Crippen molar-refractivity contribution in [2.75, 3.05) is 38.0 Å². The Morgan fingerprint density at radius 1 is 1.16 bits per heavy atom. The van der Waals surface area contributed by atoms with Crippen molar-refractivity contribution in [1.29, 1.82) is 0 Å². The molecule has 0 saturated heterocycles. The Bertz CT molecular complexity index is 1010. The monoisotopic (exact) mass is 451 g/mol. The third-order valence-corrected chi connectivity index (χ3v) is 4.59. The van der Waals surface area contributed by atoms with Crippen molar-refractivity contribution in [1.82, 2.24) is 5.32 Å². The molecule has 0 fully saturated rings. The molecule has 0 spiro atoms. The fourth-order valence-electron chi connectivity index (χ4n) is 2.83. The Morgan fingerprint density at radius 3 is 2.35 bits per heavy atom. The van der Waals surface area contributed by atoms with E-state index in [-0.39, 0.29) is 39.9 Å². The fraction of sp³-hybridized carbons (Fsp3) is 0.316. The number of nitro groups is 2. The van der Waals surface area contributed by atoms with Crippen molar-refractivity contribution in [3.63, 3.8) is 0 Å². The summed E-state index contributed by atoms with van der Waals surface area (Å²) in [5.74, 6) is -0.398. The molecule has 1 amide bonds. The molecule has 0 aromatic heterocycles. The normalized spacial score (nSPS) is 11.4. The molecule has 1 atom stereocenters. The first kappa shape index (κ1) is 23.7. The molecule has 166 valence electrons. The molecule has 0 saturated carbocycles. The zero-order chi connectivity index (χ0) is 23.3. The Balaban J connectivity index is 2.19. The van der Waals surface area contributed by atoms with E-state index in [0.717, 1.165) is 6.07 Å². The van der Waals surface area contributed by atoms with E-state index in [9.17, 15) is 25.0 Å². The van der Waals surface area contributed by atoms with Crippen LogP contribution in [0.4, 0.5) is 22.7 Å². The highest BCUT2D eigenvalue weighted by Gasteiger charge is 2.24. The van der Waals surface area contributed by atoms with Crippen molar-refractivity contribution in [3.8, 4) is 5.75 Å². The van der Waals surface area contributed by atoms with Gasteiger partial charge < -0.3 is 20.3 Å². The summed E-state index contributed by atoms with van der Waals surface area (Å²) in [6.45, 7) is 1.84. The van der Waals surface area contributed by atoms with E-state index in [2.05, 4.69) is 10.6 Å². The lowest BCUT2D eigenvalue weighted by Gasteiger charge is -2.19. The lowest BCUT2D eigenvalue weighted by molar-refractivity contribution is -0.384. The summed E-state index contributed by atoms with van der Waals surface area (Å²) < 4.78 is 5.24. The zero-order valence-electron chi connectivity index (χ0n) is 17.3. The molecule has 1 unspecified atom stereocenters. The van der Waals surface area contributed by atoms with E-state index in [4.69, 9.17) is 16.3 Å². The number of rotatable bonds is 9. The van der Waals surface area contributed by atoms with Crippen LogP contribution in [0.2, 0.25) is 5.02 Å². The van der Waals surface area contributed by atoms with Gasteiger partial charge in [0.1, 0.15) is 17.1 Å². The highest BCUT2D eigenvalue weighted by molar-refractivity contribution is 6.30. The molecule has 12 heteroatoms. The van der Waals surface area contributed by atoms with E-state index in [1.54, 1.807) is 25.9 Å². The molecule has 0 aliphatic carbocycles. The summed E-state index contributed by atoms with van der Waals surface area (Å²) in [6.07, 6.45) is 0. The number of methoxy groups -OCH3 is 1. The minimum atomic E-state index is -0.579. The van der Waals surface area contributed by atoms with Gasteiger partial charge in [0.05, 0.1) is 22.5 Å². The molecule has 2 rings (SSSR count). The molecular weight excluding hydrogens is 430 g/mol. The van der Waals surface area contributed by atoms with Gasteiger partial charge in [0.15, 0.2) is 0 Å². The van der Waals surface area contributed by atoms with Gasteiger partial charge in [-0.05, 0) is 19.1 Å². The first-order chi connectivity index (χ1) is 14.5. The molecule has 0 aliphatic heterocycles. The van der Waals surface area contributed by atoms with Crippen LogP contribution in [0.5, 0.6) is 5.75 Å². The van der Waals surface area contributed by atoms with Crippen molar-refractivity contribution >= 4 is 40.3 Å². The lowest BCUT2D eigenvalue weighted by Crippen LogP contribution is -2.37. The van der Waals surface area contributed by atoms with Crippen molar-refractivity contribution in [2.24, 2.45) is 0 Å². The van der Waals surface area contributed by atoms with Crippen LogP contribution in [0.15, 0.2) is 30.3 Å². The molecule has 31 heavy (non-hydrogen) atoms. The number of nitrogens with zero attached hydrogens (tertiary/aromatic N) is 3. The molecular formula is C19H22ClN5O6. The molecule has 0 radical (unpaired) electrons. The Morgan fingerprint density at radius 2 is 1.81 bits per heavy atom. The number of halogens is 1. The van der Waals surface area contributed by atoms with Crippen molar-refractivity contribution in [2.45, 2.75) is 13.0 Å². The third kappa shape index (κ3) is 5.72. The first-order valence-electron chi connectivity index (χ1n) is 9.07. The Hall–Kier alpha value is -3.60. The van der Waals surface area contributed by atoms with Crippen LogP contribution >= 0.6 is 11.6 Å². The van der Waals surface area contributed by atoms with Gasteiger partial charge in [-0.15, -0.1) is 0 Å². The number of hydrogen-bond acceptors (Lipinski definition) is 8. The summed E-state index contributed by atoms with van der Waals surface area (Å²) >= 11 is 5.80. The first-order valence-corrected chi connectivity index (χ1v) is 9.45. The van der Waals surface area contributed by atoms with Crippen LogP contribution in [-0.4, -0.2) is 49.5 Å². The molecule has 2 N–H and O–H groups in total. The number of nitro benzene ring substituents is 2. The number of anilines is 2. The van der Waals surface area contributed by atoms with Gasteiger partial charge in [0.2, 0.25) is 0 Å². The molecule has 11 nitrogen and oxygen atoms in total. The van der Waals surface area contributed by atoms with Crippen LogP contribution in [0.1, 0.15) is 17.3 Å². The minimum Gasteiger partial charge on any atom is -0.496 e. The summed E-state index contributed by atoms with van der Waals surface area (Å²) in [7, 11) is 4.65. The fourth-order valence-corrected chi connectivity index (χ4v) is 3.00. The van der Waals surface area contributed by atoms with Crippen molar-refractivity contribution < 1.29 is 19.4 Å². The van der Waals surface area contributed by atoms with E-state index in [1.807, 2.05) is 0 Å². The average Bonchev–Trinajstić information content (AvgIpc) is 2.71. The molecule has 0 aliphatic rings. The summed E-state index contributed by atoms with van der Waals surface area (Å²) in [6, 6.07) is 6.32. The van der Waals surface area contributed by atoms with Crippen LogP contribution in [0, 0.1) is 20.2 Å². The van der Waals surface area contributed by atoms with Crippen LogP contribution in [0.3, 0.4) is 0 Å². The molecule has 0 heterocycles. The standard InChI is InChI=1S/C19H22ClN5O6/c1-11(10-21-14-6-5-12(20)7-15(14)24(27)28)22-19(26)13-8-17(25(29)30)16(23(2)3)9-18(13)31-4/h5-9,11,21H,10H2,1-4H3,(H,22,26). The Kier molecular flexibility index (Phi) is 7.59. The second kappa shape index (κ2) is 9.94. The maximum atomic E-state index is 12.7. The van der Waals surface area contributed by atoms with Crippen LogP contribution < -0.4 is 20.3 Å². The van der Waals surface area contributed by atoms with Gasteiger partial charge in [-0.1, -0.05) is 11.6 Å². The number of carbonyl (C=O) groups is 1. The summed E-state index contributed by atoms with van der Waals surface area (Å²) in [4.78, 5) is 35.8. The van der Waals surface area contributed by atoms with Crippen molar-refractivity contribution in [3.05, 3.63) is 61.1 Å². The van der Waals surface area contributed by atoms with E-state index in [0.29, 0.717) is 5.69 Å². The van der Waals surface area contributed by atoms with E-state index >= 15 is 0 Å². The predicted octanol–water partition coefficient (Wildman–Crippen LogP) is 3.46. The second-order valence-electron chi connectivity index (χ2n) is 6.87. The number of ether oxygens (including phenoxy) is 1. The maximum absolute atomic E-state index is 12.7. The van der Waals surface area contributed by atoms with E-state index < -0.39 is 21.8 Å². The average molecular weight is 452 g/mol.